The third-order valence-electron chi connectivity index (χ3n) is 4.53. The van der Waals surface area contributed by atoms with E-state index in [0.29, 0.717) is 6.54 Å². The van der Waals surface area contributed by atoms with Gasteiger partial charge in [-0.1, -0.05) is 0 Å². The van der Waals surface area contributed by atoms with E-state index in [4.69, 9.17) is 0 Å². The Bertz CT molecular complexity index is 781. The van der Waals surface area contributed by atoms with Gasteiger partial charge >= 0.3 is 0 Å². The first-order valence-corrected chi connectivity index (χ1v) is 8.92. The molecular weight excluding hydrogens is 310 g/mol. The standard InChI is InChI=1S/C17H19N3O2S/c1-10-18-13-7-6-12(9-15(13)23-10)19-16(21)14-3-2-8-20(14)17(22)11-4-5-11/h6-7,9,11,14H,2-5,8H2,1H3,(H,19,21)/t14-/m0/s1. The van der Waals surface area contributed by atoms with Crippen molar-refractivity contribution in [3.05, 3.63) is 23.2 Å². The van der Waals surface area contributed by atoms with Crippen molar-refractivity contribution in [3.63, 3.8) is 0 Å². The van der Waals surface area contributed by atoms with Gasteiger partial charge in [0.25, 0.3) is 0 Å². The zero-order chi connectivity index (χ0) is 16.0. The fourth-order valence-corrected chi connectivity index (χ4v) is 4.08. The van der Waals surface area contributed by atoms with Crippen LogP contribution in [0.3, 0.4) is 0 Å². The lowest BCUT2D eigenvalue weighted by molar-refractivity contribution is -0.137. The summed E-state index contributed by atoms with van der Waals surface area (Å²) in [5, 5.41) is 3.99. The average molecular weight is 329 g/mol. The number of nitrogens with zero attached hydrogens (tertiary/aromatic N) is 2. The molecule has 120 valence electrons. The van der Waals surface area contributed by atoms with Crippen LogP contribution in [0.2, 0.25) is 0 Å². The number of benzene rings is 1. The highest BCUT2D eigenvalue weighted by Gasteiger charge is 2.40. The van der Waals surface area contributed by atoms with Crippen molar-refractivity contribution in [2.24, 2.45) is 5.92 Å². The van der Waals surface area contributed by atoms with E-state index in [1.54, 1.807) is 16.2 Å². The third kappa shape index (κ3) is 2.83. The van der Waals surface area contributed by atoms with Crippen molar-refractivity contribution < 1.29 is 9.59 Å². The first kappa shape index (κ1) is 14.6. The van der Waals surface area contributed by atoms with Gasteiger partial charge in [0, 0.05) is 18.2 Å². The van der Waals surface area contributed by atoms with Gasteiger partial charge in [0.1, 0.15) is 6.04 Å². The number of nitrogens with one attached hydrogen (secondary N) is 1. The molecule has 23 heavy (non-hydrogen) atoms. The molecule has 0 unspecified atom stereocenters. The molecule has 2 aromatic rings. The SMILES string of the molecule is Cc1nc2ccc(NC(=O)[C@@H]3CCCN3C(=O)C3CC3)cc2s1. The van der Waals surface area contributed by atoms with E-state index in [-0.39, 0.29) is 23.8 Å². The van der Waals surface area contributed by atoms with Gasteiger partial charge in [0.15, 0.2) is 0 Å². The maximum absolute atomic E-state index is 12.6. The second-order valence-corrected chi connectivity index (χ2v) is 7.60. The highest BCUT2D eigenvalue weighted by Crippen LogP contribution is 2.34. The van der Waals surface area contributed by atoms with Gasteiger partial charge in [-0.3, -0.25) is 9.59 Å². The Balaban J connectivity index is 1.50. The number of amides is 2. The summed E-state index contributed by atoms with van der Waals surface area (Å²) < 4.78 is 1.07. The molecule has 1 aromatic heterocycles. The van der Waals surface area contributed by atoms with Crippen molar-refractivity contribution in [1.29, 1.82) is 0 Å². The number of carbonyl (C=O) groups is 2. The quantitative estimate of drug-likeness (QED) is 0.942. The molecule has 2 heterocycles. The molecule has 1 N–H and O–H groups in total. The number of hydrogen-bond donors (Lipinski definition) is 1. The Morgan fingerprint density at radius 3 is 2.91 bits per heavy atom. The van der Waals surface area contributed by atoms with E-state index in [1.807, 2.05) is 25.1 Å². The minimum Gasteiger partial charge on any atom is -0.330 e. The van der Waals surface area contributed by atoms with Crippen molar-refractivity contribution >= 4 is 39.1 Å². The topological polar surface area (TPSA) is 62.3 Å². The van der Waals surface area contributed by atoms with Crippen molar-refractivity contribution in [1.82, 2.24) is 9.88 Å². The summed E-state index contributed by atoms with van der Waals surface area (Å²) >= 11 is 1.62. The van der Waals surface area contributed by atoms with E-state index >= 15 is 0 Å². The normalized spacial score (nSPS) is 20.9. The van der Waals surface area contributed by atoms with Crippen LogP contribution in [-0.2, 0) is 9.59 Å². The van der Waals surface area contributed by atoms with Crippen LogP contribution >= 0.6 is 11.3 Å². The predicted molar refractivity (Wildman–Crippen MR) is 90.4 cm³/mol. The lowest BCUT2D eigenvalue weighted by Gasteiger charge is -2.24. The molecule has 2 aliphatic rings. The maximum Gasteiger partial charge on any atom is 0.247 e. The molecule has 2 fully saturated rings. The van der Waals surface area contributed by atoms with E-state index in [2.05, 4.69) is 10.3 Å². The molecular formula is C17H19N3O2S. The number of hydrogen-bond acceptors (Lipinski definition) is 4. The molecule has 1 saturated carbocycles. The monoisotopic (exact) mass is 329 g/mol. The Labute approximate surface area is 138 Å². The molecule has 1 aromatic carbocycles. The van der Waals surface area contributed by atoms with Crippen LogP contribution in [0.1, 0.15) is 30.7 Å². The number of aryl methyl sites for hydroxylation is 1. The number of aromatic nitrogens is 1. The van der Waals surface area contributed by atoms with Gasteiger partial charge in [-0.05, 0) is 50.8 Å². The first-order valence-electron chi connectivity index (χ1n) is 8.10. The lowest BCUT2D eigenvalue weighted by atomic mass is 10.2. The Morgan fingerprint density at radius 1 is 1.30 bits per heavy atom. The van der Waals surface area contributed by atoms with Gasteiger partial charge in [-0.25, -0.2) is 4.98 Å². The molecule has 1 saturated heterocycles. The minimum atomic E-state index is -0.318. The number of likely N-dealkylation sites (tertiary alicyclic amines) is 1. The predicted octanol–water partition coefficient (Wildman–Crippen LogP) is 2.94. The zero-order valence-electron chi connectivity index (χ0n) is 13.0. The highest BCUT2D eigenvalue weighted by molar-refractivity contribution is 7.18. The van der Waals surface area contributed by atoms with Gasteiger partial charge < -0.3 is 10.2 Å². The molecule has 0 bridgehead atoms. The number of carbonyl (C=O) groups excluding carboxylic acids is 2. The van der Waals surface area contributed by atoms with Crippen molar-refractivity contribution in [2.75, 3.05) is 11.9 Å². The zero-order valence-corrected chi connectivity index (χ0v) is 13.9. The summed E-state index contributed by atoms with van der Waals surface area (Å²) in [7, 11) is 0. The maximum atomic E-state index is 12.6. The van der Waals surface area contributed by atoms with E-state index in [1.165, 1.54) is 0 Å². The summed E-state index contributed by atoms with van der Waals surface area (Å²) in [6.45, 7) is 2.68. The molecule has 4 rings (SSSR count). The van der Waals surface area contributed by atoms with Crippen LogP contribution in [0.15, 0.2) is 18.2 Å². The van der Waals surface area contributed by atoms with E-state index in [9.17, 15) is 9.59 Å². The van der Waals surface area contributed by atoms with Gasteiger partial charge in [0.2, 0.25) is 11.8 Å². The number of rotatable bonds is 3. The second-order valence-electron chi connectivity index (χ2n) is 6.37. The summed E-state index contributed by atoms with van der Waals surface area (Å²) in [4.78, 5) is 31.1. The number of anilines is 1. The molecule has 1 atom stereocenters. The van der Waals surface area contributed by atoms with Gasteiger partial charge in [-0.15, -0.1) is 11.3 Å². The molecule has 1 aliphatic carbocycles. The summed E-state index contributed by atoms with van der Waals surface area (Å²) in [5.41, 5.74) is 1.73. The van der Waals surface area contributed by atoms with Crippen LogP contribution in [0.5, 0.6) is 0 Å². The molecule has 0 spiro atoms. The van der Waals surface area contributed by atoms with Crippen LogP contribution in [0, 0.1) is 12.8 Å². The molecule has 1 aliphatic heterocycles. The highest BCUT2D eigenvalue weighted by atomic mass is 32.1. The van der Waals surface area contributed by atoms with Crippen LogP contribution in [0.4, 0.5) is 5.69 Å². The van der Waals surface area contributed by atoms with E-state index < -0.39 is 0 Å². The fraction of sp³-hybridized carbons (Fsp3) is 0.471. The first-order chi connectivity index (χ1) is 11.1. The number of fused-ring (bicyclic) bond motifs is 1. The Morgan fingerprint density at radius 2 is 2.13 bits per heavy atom. The van der Waals surface area contributed by atoms with Gasteiger partial charge in [0.05, 0.1) is 15.2 Å². The molecule has 5 nitrogen and oxygen atoms in total. The second kappa shape index (κ2) is 5.60. The average Bonchev–Trinajstić information content (AvgIpc) is 3.13. The fourth-order valence-electron chi connectivity index (χ4n) is 3.21. The lowest BCUT2D eigenvalue weighted by Crippen LogP contribution is -2.43. The summed E-state index contributed by atoms with van der Waals surface area (Å²) in [6, 6.07) is 5.44. The van der Waals surface area contributed by atoms with E-state index in [0.717, 1.165) is 46.6 Å². The van der Waals surface area contributed by atoms with Crippen LogP contribution in [-0.4, -0.2) is 34.3 Å². The minimum absolute atomic E-state index is 0.0721. The van der Waals surface area contributed by atoms with Crippen LogP contribution in [0.25, 0.3) is 10.2 Å². The smallest absolute Gasteiger partial charge is 0.247 e. The molecule has 2 amide bonds. The molecule has 0 radical (unpaired) electrons. The Hall–Kier alpha value is -1.95. The molecule has 6 heteroatoms. The van der Waals surface area contributed by atoms with Crippen LogP contribution < -0.4 is 5.32 Å². The largest absolute Gasteiger partial charge is 0.330 e. The van der Waals surface area contributed by atoms with Gasteiger partial charge in [-0.2, -0.15) is 0 Å². The number of thiazole rings is 1. The summed E-state index contributed by atoms with van der Waals surface area (Å²) in [5.74, 6) is 0.258. The van der Waals surface area contributed by atoms with Crippen molar-refractivity contribution in [2.45, 2.75) is 38.6 Å². The van der Waals surface area contributed by atoms with Crippen molar-refractivity contribution in [3.8, 4) is 0 Å². The summed E-state index contributed by atoms with van der Waals surface area (Å²) in [6.07, 6.45) is 3.62. The Kier molecular flexibility index (Phi) is 3.56. The third-order valence-corrected chi connectivity index (χ3v) is 5.46.